The molecule has 0 radical (unpaired) electrons. The summed E-state index contributed by atoms with van der Waals surface area (Å²) in [6.45, 7) is 8.06. The van der Waals surface area contributed by atoms with E-state index in [1.807, 2.05) is 39.0 Å². The summed E-state index contributed by atoms with van der Waals surface area (Å²) in [6.07, 6.45) is 1.10. The van der Waals surface area contributed by atoms with Gasteiger partial charge >= 0.3 is 0 Å². The first-order valence-corrected chi connectivity index (χ1v) is 9.84. The van der Waals surface area contributed by atoms with Crippen LogP contribution < -0.4 is 10.1 Å². The van der Waals surface area contributed by atoms with E-state index in [2.05, 4.69) is 22.4 Å². The summed E-state index contributed by atoms with van der Waals surface area (Å²) in [6, 6.07) is 5.93. The fourth-order valence-electron chi connectivity index (χ4n) is 2.10. The molecule has 2 aromatic rings. The number of thioether (sulfide) groups is 1. The van der Waals surface area contributed by atoms with Crippen molar-refractivity contribution in [1.82, 2.24) is 10.2 Å². The van der Waals surface area contributed by atoms with E-state index < -0.39 is 6.10 Å². The van der Waals surface area contributed by atoms with Gasteiger partial charge in [-0.1, -0.05) is 54.6 Å². The Balaban J connectivity index is 1.99. The summed E-state index contributed by atoms with van der Waals surface area (Å²) in [7, 11) is 0. The second kappa shape index (κ2) is 9.03. The molecule has 1 unspecified atom stereocenters. The molecule has 0 aliphatic carbocycles. The van der Waals surface area contributed by atoms with Gasteiger partial charge in [0.1, 0.15) is 5.75 Å². The van der Waals surface area contributed by atoms with Crippen LogP contribution in [0.15, 0.2) is 22.5 Å². The lowest BCUT2D eigenvalue weighted by molar-refractivity contribution is -0.122. The van der Waals surface area contributed by atoms with Gasteiger partial charge in [-0.2, -0.15) is 0 Å². The highest BCUT2D eigenvalue weighted by Crippen LogP contribution is 2.26. The van der Waals surface area contributed by atoms with Crippen LogP contribution in [0.25, 0.3) is 0 Å². The number of rotatable bonds is 8. The normalized spacial score (nSPS) is 12.0. The first-order chi connectivity index (χ1) is 11.5. The highest BCUT2D eigenvalue weighted by atomic mass is 32.2. The molecule has 1 aromatic carbocycles. The Morgan fingerprint density at radius 1 is 1.33 bits per heavy atom. The van der Waals surface area contributed by atoms with Crippen molar-refractivity contribution in [2.24, 2.45) is 0 Å². The first kappa shape index (κ1) is 18.7. The molecule has 0 saturated heterocycles. The zero-order valence-corrected chi connectivity index (χ0v) is 16.1. The van der Waals surface area contributed by atoms with Crippen LogP contribution >= 0.6 is 23.1 Å². The monoisotopic (exact) mass is 365 g/mol. The molecule has 1 N–H and O–H groups in total. The number of nitrogens with one attached hydrogen (secondary N) is 1. The lowest BCUT2D eigenvalue weighted by atomic mass is 10.1. The minimum absolute atomic E-state index is 0.194. The highest BCUT2D eigenvalue weighted by molar-refractivity contribution is 8.01. The highest BCUT2D eigenvalue weighted by Gasteiger charge is 2.21. The third-order valence-electron chi connectivity index (χ3n) is 3.33. The predicted octanol–water partition coefficient (Wildman–Crippen LogP) is 4.45. The van der Waals surface area contributed by atoms with Crippen LogP contribution in [0.1, 0.15) is 37.8 Å². The molecule has 5 nitrogen and oxygen atoms in total. The maximum absolute atomic E-state index is 12.4. The average Bonchev–Trinajstić information content (AvgIpc) is 2.99. The molecular formula is C17H23N3O2S2. The molecule has 0 saturated carbocycles. The number of hydrogen-bond donors (Lipinski definition) is 1. The average molecular weight is 366 g/mol. The molecule has 0 aliphatic rings. The lowest BCUT2D eigenvalue weighted by Gasteiger charge is -2.18. The second-order valence-corrected chi connectivity index (χ2v) is 7.81. The minimum Gasteiger partial charge on any atom is -0.480 e. The SMILES string of the molecule is CCCSc1nnc(NC(=O)C(CC)Oc2ccc(C)cc2C)s1. The zero-order valence-electron chi connectivity index (χ0n) is 14.5. The Morgan fingerprint density at radius 3 is 2.79 bits per heavy atom. The van der Waals surface area contributed by atoms with E-state index in [1.54, 1.807) is 11.8 Å². The number of nitrogens with zero attached hydrogens (tertiary/aromatic N) is 2. The Hall–Kier alpha value is -1.60. The first-order valence-electron chi connectivity index (χ1n) is 8.04. The van der Waals surface area contributed by atoms with Gasteiger partial charge in [0.15, 0.2) is 10.4 Å². The number of benzene rings is 1. The van der Waals surface area contributed by atoms with Crippen molar-refractivity contribution in [2.45, 2.75) is 51.0 Å². The topological polar surface area (TPSA) is 64.1 Å². The van der Waals surface area contributed by atoms with E-state index in [0.717, 1.165) is 27.8 Å². The van der Waals surface area contributed by atoms with Crippen LogP contribution in [0.4, 0.5) is 5.13 Å². The van der Waals surface area contributed by atoms with E-state index in [1.165, 1.54) is 16.9 Å². The Labute approximate surface area is 151 Å². The fourth-order valence-corrected chi connectivity index (χ4v) is 3.78. The van der Waals surface area contributed by atoms with Gasteiger partial charge in [0.05, 0.1) is 0 Å². The molecule has 2 rings (SSSR count). The molecule has 1 atom stereocenters. The molecule has 130 valence electrons. The molecule has 1 heterocycles. The number of ether oxygens (including phenoxy) is 1. The summed E-state index contributed by atoms with van der Waals surface area (Å²) >= 11 is 3.04. The number of carbonyl (C=O) groups is 1. The fraction of sp³-hybridized carbons (Fsp3) is 0.471. The second-order valence-electron chi connectivity index (χ2n) is 5.49. The van der Waals surface area contributed by atoms with Gasteiger partial charge in [-0.15, -0.1) is 10.2 Å². The molecule has 1 amide bonds. The van der Waals surface area contributed by atoms with Gasteiger partial charge in [-0.25, -0.2) is 0 Å². The Morgan fingerprint density at radius 2 is 2.12 bits per heavy atom. The zero-order chi connectivity index (χ0) is 17.5. The van der Waals surface area contributed by atoms with Crippen molar-refractivity contribution >= 4 is 34.1 Å². The van der Waals surface area contributed by atoms with Crippen molar-refractivity contribution in [2.75, 3.05) is 11.1 Å². The van der Waals surface area contributed by atoms with Gasteiger partial charge in [-0.3, -0.25) is 10.1 Å². The molecule has 0 fully saturated rings. The number of amides is 1. The van der Waals surface area contributed by atoms with E-state index >= 15 is 0 Å². The van der Waals surface area contributed by atoms with Crippen molar-refractivity contribution in [1.29, 1.82) is 0 Å². The quantitative estimate of drug-likeness (QED) is 0.553. The smallest absolute Gasteiger partial charge is 0.267 e. The van der Waals surface area contributed by atoms with Gasteiger partial charge in [0.2, 0.25) is 5.13 Å². The number of hydrogen-bond acceptors (Lipinski definition) is 6. The van der Waals surface area contributed by atoms with Crippen LogP contribution in [-0.2, 0) is 4.79 Å². The van der Waals surface area contributed by atoms with Gasteiger partial charge in [-0.05, 0) is 38.3 Å². The summed E-state index contributed by atoms with van der Waals surface area (Å²) < 4.78 is 6.77. The summed E-state index contributed by atoms with van der Waals surface area (Å²) in [4.78, 5) is 12.4. The summed E-state index contributed by atoms with van der Waals surface area (Å²) in [5, 5.41) is 11.4. The van der Waals surface area contributed by atoms with Gasteiger partial charge in [0.25, 0.3) is 5.91 Å². The molecule has 0 aliphatic heterocycles. The standard InChI is InChI=1S/C17H23N3O2S2/c1-5-9-23-17-20-19-16(24-17)18-15(21)13(6-2)22-14-8-7-11(3)10-12(14)4/h7-8,10,13H,5-6,9H2,1-4H3,(H,18,19,21). The summed E-state index contributed by atoms with van der Waals surface area (Å²) in [5.74, 6) is 1.54. The molecule has 1 aromatic heterocycles. The van der Waals surface area contributed by atoms with E-state index in [4.69, 9.17) is 4.74 Å². The van der Waals surface area contributed by atoms with Crippen LogP contribution in [-0.4, -0.2) is 28.0 Å². The maximum atomic E-state index is 12.4. The van der Waals surface area contributed by atoms with Crippen molar-refractivity contribution in [3.8, 4) is 5.75 Å². The molecule has 24 heavy (non-hydrogen) atoms. The van der Waals surface area contributed by atoms with E-state index in [0.29, 0.717) is 11.6 Å². The molecular weight excluding hydrogens is 342 g/mol. The summed E-state index contributed by atoms with van der Waals surface area (Å²) in [5.41, 5.74) is 2.19. The molecule has 0 bridgehead atoms. The lowest BCUT2D eigenvalue weighted by Crippen LogP contribution is -2.32. The minimum atomic E-state index is -0.554. The van der Waals surface area contributed by atoms with Crippen molar-refractivity contribution in [3.63, 3.8) is 0 Å². The van der Waals surface area contributed by atoms with Gasteiger partial charge < -0.3 is 4.74 Å². The molecule has 7 heteroatoms. The van der Waals surface area contributed by atoms with E-state index in [-0.39, 0.29) is 5.91 Å². The largest absolute Gasteiger partial charge is 0.480 e. The number of aryl methyl sites for hydroxylation is 2. The third kappa shape index (κ3) is 5.21. The number of anilines is 1. The van der Waals surface area contributed by atoms with Crippen molar-refractivity contribution < 1.29 is 9.53 Å². The van der Waals surface area contributed by atoms with Crippen LogP contribution in [0.3, 0.4) is 0 Å². The van der Waals surface area contributed by atoms with Gasteiger partial charge in [0, 0.05) is 5.75 Å². The van der Waals surface area contributed by atoms with Crippen molar-refractivity contribution in [3.05, 3.63) is 29.3 Å². The van der Waals surface area contributed by atoms with Crippen LogP contribution in [0.2, 0.25) is 0 Å². The molecule has 0 spiro atoms. The number of carbonyl (C=O) groups excluding carboxylic acids is 1. The predicted molar refractivity (Wildman–Crippen MR) is 100 cm³/mol. The Kier molecular flexibility index (Phi) is 7.05. The van der Waals surface area contributed by atoms with Crippen LogP contribution in [0.5, 0.6) is 5.75 Å². The Bertz CT molecular complexity index is 688. The van der Waals surface area contributed by atoms with E-state index in [9.17, 15) is 4.79 Å². The number of aromatic nitrogens is 2. The third-order valence-corrected chi connectivity index (χ3v) is 5.51. The maximum Gasteiger partial charge on any atom is 0.267 e. The van der Waals surface area contributed by atoms with Crippen LogP contribution in [0, 0.1) is 13.8 Å².